The number of carbonyl (C=O) groups is 2. The average Bonchev–Trinajstić information content (AvgIpc) is 2.11. The number of rotatable bonds is 4. The molecule has 0 aromatic carbocycles. The molecular weight excluding hydrogens is 182 g/mol. The SMILES string of the molecule is CC#CCCNC(=O)C(C)(C)C(=O)O. The average molecular weight is 197 g/mol. The molecule has 0 aromatic heterocycles. The van der Waals surface area contributed by atoms with E-state index in [-0.39, 0.29) is 0 Å². The van der Waals surface area contributed by atoms with Crippen molar-refractivity contribution < 1.29 is 14.7 Å². The van der Waals surface area contributed by atoms with Crippen LogP contribution < -0.4 is 5.32 Å². The topological polar surface area (TPSA) is 66.4 Å². The van der Waals surface area contributed by atoms with Gasteiger partial charge in [0, 0.05) is 13.0 Å². The molecule has 0 rings (SSSR count). The van der Waals surface area contributed by atoms with E-state index in [4.69, 9.17) is 5.11 Å². The van der Waals surface area contributed by atoms with Crippen molar-refractivity contribution in [2.45, 2.75) is 27.2 Å². The van der Waals surface area contributed by atoms with Crippen molar-refractivity contribution >= 4 is 11.9 Å². The fraction of sp³-hybridized carbons (Fsp3) is 0.600. The summed E-state index contributed by atoms with van der Waals surface area (Å²) in [5.74, 6) is 3.85. The minimum absolute atomic E-state index is 0.385. The van der Waals surface area contributed by atoms with Gasteiger partial charge >= 0.3 is 5.97 Å². The second kappa shape index (κ2) is 5.28. The maximum Gasteiger partial charge on any atom is 0.318 e. The van der Waals surface area contributed by atoms with E-state index in [1.165, 1.54) is 13.8 Å². The summed E-state index contributed by atoms with van der Waals surface area (Å²) in [7, 11) is 0. The molecule has 4 heteroatoms. The number of aliphatic carboxylic acids is 1. The van der Waals surface area contributed by atoms with Crippen LogP contribution in [0.25, 0.3) is 0 Å². The molecule has 14 heavy (non-hydrogen) atoms. The van der Waals surface area contributed by atoms with E-state index in [9.17, 15) is 9.59 Å². The first kappa shape index (κ1) is 12.5. The number of carbonyl (C=O) groups excluding carboxylic acids is 1. The Balaban J connectivity index is 4.06. The molecule has 0 aliphatic carbocycles. The van der Waals surface area contributed by atoms with Gasteiger partial charge in [0.25, 0.3) is 0 Å². The van der Waals surface area contributed by atoms with E-state index in [1.807, 2.05) is 0 Å². The van der Waals surface area contributed by atoms with Crippen molar-refractivity contribution in [2.75, 3.05) is 6.54 Å². The summed E-state index contributed by atoms with van der Waals surface area (Å²) in [6.07, 6.45) is 0.540. The second-order valence-corrected chi connectivity index (χ2v) is 3.36. The van der Waals surface area contributed by atoms with Gasteiger partial charge in [-0.25, -0.2) is 0 Å². The van der Waals surface area contributed by atoms with Gasteiger partial charge in [-0.1, -0.05) is 0 Å². The van der Waals surface area contributed by atoms with Crippen molar-refractivity contribution in [3.63, 3.8) is 0 Å². The fourth-order valence-electron chi connectivity index (χ4n) is 0.682. The van der Waals surface area contributed by atoms with Crippen LogP contribution in [0.3, 0.4) is 0 Å². The first-order valence-corrected chi connectivity index (χ1v) is 4.34. The highest BCUT2D eigenvalue weighted by atomic mass is 16.4. The smallest absolute Gasteiger partial charge is 0.318 e. The van der Waals surface area contributed by atoms with Crippen LogP contribution in [0.5, 0.6) is 0 Å². The summed E-state index contributed by atoms with van der Waals surface area (Å²) < 4.78 is 0. The molecule has 1 amide bonds. The van der Waals surface area contributed by atoms with E-state index < -0.39 is 17.3 Å². The zero-order valence-electron chi connectivity index (χ0n) is 8.68. The predicted octanol–water partition coefficient (Wildman–Crippen LogP) is 0.627. The monoisotopic (exact) mass is 197 g/mol. The Kier molecular flexibility index (Phi) is 4.71. The maximum atomic E-state index is 11.3. The highest BCUT2D eigenvalue weighted by Gasteiger charge is 2.35. The van der Waals surface area contributed by atoms with Crippen LogP contribution >= 0.6 is 0 Å². The van der Waals surface area contributed by atoms with Gasteiger partial charge in [0.2, 0.25) is 5.91 Å². The third-order valence-electron chi connectivity index (χ3n) is 1.81. The third kappa shape index (κ3) is 3.48. The third-order valence-corrected chi connectivity index (χ3v) is 1.81. The molecule has 0 fully saturated rings. The van der Waals surface area contributed by atoms with Crippen molar-refractivity contribution in [3.05, 3.63) is 0 Å². The predicted molar refractivity (Wildman–Crippen MR) is 52.5 cm³/mol. The number of hydrogen-bond acceptors (Lipinski definition) is 2. The summed E-state index contributed by atoms with van der Waals surface area (Å²) in [6, 6.07) is 0. The lowest BCUT2D eigenvalue weighted by Gasteiger charge is -2.17. The summed E-state index contributed by atoms with van der Waals surface area (Å²) in [4.78, 5) is 22.0. The zero-order chi connectivity index (χ0) is 11.2. The molecule has 0 unspecified atom stereocenters. The molecule has 0 bridgehead atoms. The largest absolute Gasteiger partial charge is 0.480 e. The van der Waals surface area contributed by atoms with Gasteiger partial charge < -0.3 is 10.4 Å². The summed E-state index contributed by atoms with van der Waals surface area (Å²) in [5, 5.41) is 11.2. The number of amides is 1. The Morgan fingerprint density at radius 2 is 2.00 bits per heavy atom. The molecule has 0 radical (unpaired) electrons. The van der Waals surface area contributed by atoms with Crippen LogP contribution in [0.1, 0.15) is 27.2 Å². The summed E-state index contributed by atoms with van der Waals surface area (Å²) in [5.41, 5.74) is -1.38. The molecule has 0 heterocycles. The number of hydrogen-bond donors (Lipinski definition) is 2. The lowest BCUT2D eigenvalue weighted by atomic mass is 9.93. The van der Waals surface area contributed by atoms with E-state index >= 15 is 0 Å². The van der Waals surface area contributed by atoms with Crippen molar-refractivity contribution in [3.8, 4) is 11.8 Å². The molecule has 78 valence electrons. The van der Waals surface area contributed by atoms with Crippen LogP contribution in [0.2, 0.25) is 0 Å². The minimum atomic E-state index is -1.38. The van der Waals surface area contributed by atoms with E-state index in [2.05, 4.69) is 17.2 Å². The molecule has 0 aliphatic rings. The Morgan fingerprint density at radius 1 is 1.43 bits per heavy atom. The lowest BCUT2D eigenvalue weighted by Crippen LogP contribution is -2.42. The van der Waals surface area contributed by atoms with E-state index in [1.54, 1.807) is 6.92 Å². The van der Waals surface area contributed by atoms with Gasteiger partial charge in [0.15, 0.2) is 0 Å². The van der Waals surface area contributed by atoms with Crippen molar-refractivity contribution in [2.24, 2.45) is 5.41 Å². The molecule has 0 saturated carbocycles. The summed E-state index contributed by atoms with van der Waals surface area (Å²) >= 11 is 0. The van der Waals surface area contributed by atoms with Crippen LogP contribution in [-0.4, -0.2) is 23.5 Å². The van der Waals surface area contributed by atoms with Gasteiger partial charge in [0.1, 0.15) is 5.41 Å². The highest BCUT2D eigenvalue weighted by Crippen LogP contribution is 2.14. The lowest BCUT2D eigenvalue weighted by molar-refractivity contribution is -0.153. The Bertz CT molecular complexity index is 283. The van der Waals surface area contributed by atoms with Crippen molar-refractivity contribution in [1.82, 2.24) is 5.32 Å². The van der Waals surface area contributed by atoms with E-state index in [0.717, 1.165) is 0 Å². The van der Waals surface area contributed by atoms with Gasteiger partial charge in [-0.2, -0.15) is 0 Å². The molecule has 0 spiro atoms. The second-order valence-electron chi connectivity index (χ2n) is 3.36. The molecule has 0 aliphatic heterocycles. The molecule has 2 N–H and O–H groups in total. The molecule has 0 atom stereocenters. The van der Waals surface area contributed by atoms with Crippen molar-refractivity contribution in [1.29, 1.82) is 0 Å². The Morgan fingerprint density at radius 3 is 2.43 bits per heavy atom. The van der Waals surface area contributed by atoms with Crippen LogP contribution in [0.15, 0.2) is 0 Å². The quantitative estimate of drug-likeness (QED) is 0.394. The van der Waals surface area contributed by atoms with Gasteiger partial charge in [-0.3, -0.25) is 9.59 Å². The minimum Gasteiger partial charge on any atom is -0.480 e. The van der Waals surface area contributed by atoms with Crippen LogP contribution in [0, 0.1) is 17.3 Å². The molecule has 0 aromatic rings. The Hall–Kier alpha value is -1.50. The molecular formula is C10H15NO3. The normalized spacial score (nSPS) is 9.93. The highest BCUT2D eigenvalue weighted by molar-refractivity contribution is 6.00. The van der Waals surface area contributed by atoms with Gasteiger partial charge in [-0.15, -0.1) is 11.8 Å². The molecule has 0 saturated heterocycles. The molecule has 4 nitrogen and oxygen atoms in total. The van der Waals surface area contributed by atoms with Crippen LogP contribution in [0.4, 0.5) is 0 Å². The summed E-state index contributed by atoms with van der Waals surface area (Å²) in [6.45, 7) is 4.84. The maximum absolute atomic E-state index is 11.3. The van der Waals surface area contributed by atoms with Gasteiger partial charge in [0.05, 0.1) is 0 Å². The first-order chi connectivity index (χ1) is 6.42. The standard InChI is InChI=1S/C10H15NO3/c1-4-5-6-7-11-8(12)10(2,3)9(13)14/h6-7H2,1-3H3,(H,11,12)(H,13,14). The van der Waals surface area contributed by atoms with Gasteiger partial charge in [-0.05, 0) is 20.8 Å². The first-order valence-electron chi connectivity index (χ1n) is 4.34. The zero-order valence-corrected chi connectivity index (χ0v) is 8.68. The fourth-order valence-corrected chi connectivity index (χ4v) is 0.682. The van der Waals surface area contributed by atoms with E-state index in [0.29, 0.717) is 13.0 Å². The number of nitrogens with one attached hydrogen (secondary N) is 1. The van der Waals surface area contributed by atoms with Crippen LogP contribution in [-0.2, 0) is 9.59 Å². The Labute approximate surface area is 83.7 Å². The number of carboxylic acids is 1. The number of carboxylic acid groups (broad SMARTS) is 1.